The predicted octanol–water partition coefficient (Wildman–Crippen LogP) is 2.67. The highest BCUT2D eigenvalue weighted by Crippen LogP contribution is 2.36. The Morgan fingerprint density at radius 3 is 2.50 bits per heavy atom. The first-order chi connectivity index (χ1) is 5.88. The van der Waals surface area contributed by atoms with Crippen molar-refractivity contribution >= 4 is 0 Å². The molecule has 2 aliphatic rings. The molecule has 12 heavy (non-hydrogen) atoms. The molecule has 1 saturated carbocycles. The molecule has 1 N–H and O–H groups in total. The van der Waals surface area contributed by atoms with Gasteiger partial charge in [-0.15, -0.1) is 0 Å². The molecule has 0 radical (unpaired) electrons. The van der Waals surface area contributed by atoms with E-state index in [2.05, 4.69) is 12.2 Å². The summed E-state index contributed by atoms with van der Waals surface area (Å²) >= 11 is 0. The van der Waals surface area contributed by atoms with E-state index in [0.717, 1.165) is 17.8 Å². The van der Waals surface area contributed by atoms with Crippen LogP contribution in [0, 0.1) is 17.8 Å². The summed E-state index contributed by atoms with van der Waals surface area (Å²) < 4.78 is 0. The average Bonchev–Trinajstić information content (AvgIpc) is 2.57. The summed E-state index contributed by atoms with van der Waals surface area (Å²) in [5.74, 6) is 3.05. The van der Waals surface area contributed by atoms with E-state index in [0.29, 0.717) is 0 Å². The lowest BCUT2D eigenvalue weighted by molar-refractivity contribution is 0.215. The second-order valence-corrected chi connectivity index (χ2v) is 3.99. The van der Waals surface area contributed by atoms with Gasteiger partial charge in [0.05, 0.1) is 0 Å². The normalized spacial score (nSPS) is 39.8. The van der Waals surface area contributed by atoms with E-state index in [-0.39, 0.29) is 0 Å². The smallest absolute Gasteiger partial charge is 0.00147 e. The molecule has 0 spiro atoms. The van der Waals surface area contributed by atoms with Crippen molar-refractivity contribution in [2.24, 2.45) is 17.8 Å². The minimum atomic E-state index is 0.994. The second-order valence-electron chi connectivity index (χ2n) is 3.99. The molecule has 0 bridgehead atoms. The first-order valence-corrected chi connectivity index (χ1v) is 5.58. The van der Waals surface area contributed by atoms with Crippen LogP contribution in [0.25, 0.3) is 0 Å². The summed E-state index contributed by atoms with van der Waals surface area (Å²) in [5, 5.41) is 3.49. The molecule has 1 aliphatic heterocycles. The van der Waals surface area contributed by atoms with Crippen molar-refractivity contribution in [3.05, 3.63) is 0 Å². The molecule has 1 heteroatoms. The third kappa shape index (κ3) is 2.01. The van der Waals surface area contributed by atoms with Crippen LogP contribution in [0.3, 0.4) is 0 Å². The van der Waals surface area contributed by atoms with Gasteiger partial charge in [0, 0.05) is 0 Å². The lowest BCUT2D eigenvalue weighted by Crippen LogP contribution is -2.24. The molecule has 72 valence electrons. The molecular weight excluding hydrogens is 146 g/mol. The maximum absolute atomic E-state index is 3.49. The lowest BCUT2D eigenvalue weighted by Gasteiger charge is -2.30. The Morgan fingerprint density at radius 2 is 1.83 bits per heavy atom. The summed E-state index contributed by atoms with van der Waals surface area (Å²) in [4.78, 5) is 0. The Hall–Kier alpha value is -0.0400. The van der Waals surface area contributed by atoms with Gasteiger partial charge >= 0.3 is 0 Å². The Balaban J connectivity index is 0.000000336. The van der Waals surface area contributed by atoms with Crippen LogP contribution in [0.5, 0.6) is 0 Å². The molecule has 3 unspecified atom stereocenters. The van der Waals surface area contributed by atoms with Crippen molar-refractivity contribution in [2.75, 3.05) is 13.1 Å². The second kappa shape index (κ2) is 4.86. The largest absolute Gasteiger partial charge is 0.316 e. The van der Waals surface area contributed by atoms with Gasteiger partial charge in [0.1, 0.15) is 0 Å². The Kier molecular flexibility index (Phi) is 4.07. The Morgan fingerprint density at radius 1 is 1.08 bits per heavy atom. The zero-order valence-corrected chi connectivity index (χ0v) is 8.77. The van der Waals surface area contributed by atoms with Gasteiger partial charge in [0.2, 0.25) is 0 Å². The van der Waals surface area contributed by atoms with Gasteiger partial charge < -0.3 is 5.32 Å². The minimum absolute atomic E-state index is 0.994. The van der Waals surface area contributed by atoms with E-state index < -0.39 is 0 Å². The molecule has 2 rings (SSSR count). The fourth-order valence-corrected chi connectivity index (χ4v) is 2.65. The molecule has 0 amide bonds. The Bertz CT molecular complexity index is 122. The SMILES string of the molecule is CC.CC1CCCC2CNCC12. The summed E-state index contributed by atoms with van der Waals surface area (Å²) in [5.41, 5.74) is 0. The maximum atomic E-state index is 3.49. The van der Waals surface area contributed by atoms with E-state index in [1.54, 1.807) is 0 Å². The minimum Gasteiger partial charge on any atom is -0.316 e. The van der Waals surface area contributed by atoms with Gasteiger partial charge in [-0.1, -0.05) is 33.6 Å². The monoisotopic (exact) mass is 169 g/mol. The fraction of sp³-hybridized carbons (Fsp3) is 1.00. The predicted molar refractivity (Wildman–Crippen MR) is 54.2 cm³/mol. The van der Waals surface area contributed by atoms with Crippen molar-refractivity contribution in [3.8, 4) is 0 Å². The zero-order valence-electron chi connectivity index (χ0n) is 8.77. The molecule has 1 saturated heterocycles. The third-order valence-corrected chi connectivity index (χ3v) is 3.36. The summed E-state index contributed by atoms with van der Waals surface area (Å²) in [7, 11) is 0. The van der Waals surface area contributed by atoms with Crippen molar-refractivity contribution in [2.45, 2.75) is 40.0 Å². The highest BCUT2D eigenvalue weighted by atomic mass is 14.9. The Labute approximate surface area is 76.9 Å². The molecular formula is C11H23N. The van der Waals surface area contributed by atoms with Gasteiger partial charge in [-0.2, -0.15) is 0 Å². The maximum Gasteiger partial charge on any atom is -0.00147 e. The average molecular weight is 169 g/mol. The third-order valence-electron chi connectivity index (χ3n) is 3.36. The molecule has 1 nitrogen and oxygen atoms in total. The van der Waals surface area contributed by atoms with E-state index in [1.807, 2.05) is 13.8 Å². The first kappa shape index (κ1) is 10.0. The molecule has 1 aliphatic carbocycles. The number of rotatable bonds is 0. The quantitative estimate of drug-likeness (QED) is 0.588. The van der Waals surface area contributed by atoms with Crippen LogP contribution >= 0.6 is 0 Å². The van der Waals surface area contributed by atoms with E-state index in [1.165, 1.54) is 32.4 Å². The number of nitrogens with one attached hydrogen (secondary N) is 1. The molecule has 2 fully saturated rings. The van der Waals surface area contributed by atoms with Gasteiger partial charge in [0.25, 0.3) is 0 Å². The lowest BCUT2D eigenvalue weighted by atomic mass is 9.75. The topological polar surface area (TPSA) is 12.0 Å². The number of hydrogen-bond acceptors (Lipinski definition) is 1. The summed E-state index contributed by atoms with van der Waals surface area (Å²) in [6.07, 6.45) is 4.44. The molecule has 0 aromatic heterocycles. The summed E-state index contributed by atoms with van der Waals surface area (Å²) in [6, 6.07) is 0. The van der Waals surface area contributed by atoms with Crippen LogP contribution in [-0.2, 0) is 0 Å². The van der Waals surface area contributed by atoms with Gasteiger partial charge in [-0.25, -0.2) is 0 Å². The first-order valence-electron chi connectivity index (χ1n) is 5.58. The van der Waals surface area contributed by atoms with Crippen molar-refractivity contribution in [1.29, 1.82) is 0 Å². The van der Waals surface area contributed by atoms with Crippen LogP contribution in [0.2, 0.25) is 0 Å². The molecule has 0 aromatic rings. The number of hydrogen-bond donors (Lipinski definition) is 1. The van der Waals surface area contributed by atoms with Crippen molar-refractivity contribution in [1.82, 2.24) is 5.32 Å². The van der Waals surface area contributed by atoms with E-state index in [4.69, 9.17) is 0 Å². The van der Waals surface area contributed by atoms with Crippen molar-refractivity contribution in [3.63, 3.8) is 0 Å². The van der Waals surface area contributed by atoms with E-state index >= 15 is 0 Å². The van der Waals surface area contributed by atoms with Gasteiger partial charge in [-0.05, 0) is 37.3 Å². The zero-order chi connectivity index (χ0) is 8.97. The van der Waals surface area contributed by atoms with Gasteiger partial charge in [-0.3, -0.25) is 0 Å². The van der Waals surface area contributed by atoms with Crippen LogP contribution in [0.1, 0.15) is 40.0 Å². The van der Waals surface area contributed by atoms with Crippen LogP contribution < -0.4 is 5.32 Å². The fourth-order valence-electron chi connectivity index (χ4n) is 2.65. The van der Waals surface area contributed by atoms with Crippen LogP contribution in [0.4, 0.5) is 0 Å². The number of fused-ring (bicyclic) bond motifs is 1. The summed E-state index contributed by atoms with van der Waals surface area (Å²) in [6.45, 7) is 9.02. The standard InChI is InChI=1S/C9H17N.C2H6/c1-7-3-2-4-8-5-10-6-9(7)8;1-2/h7-10H,2-6H2,1H3;1-2H3. The van der Waals surface area contributed by atoms with Crippen LogP contribution in [0.15, 0.2) is 0 Å². The van der Waals surface area contributed by atoms with Gasteiger partial charge in [0.15, 0.2) is 0 Å². The highest BCUT2D eigenvalue weighted by Gasteiger charge is 2.33. The molecule has 3 atom stereocenters. The highest BCUT2D eigenvalue weighted by molar-refractivity contribution is 4.87. The van der Waals surface area contributed by atoms with Crippen LogP contribution in [-0.4, -0.2) is 13.1 Å². The van der Waals surface area contributed by atoms with Crippen molar-refractivity contribution < 1.29 is 0 Å². The van der Waals surface area contributed by atoms with E-state index in [9.17, 15) is 0 Å². The molecule has 0 aromatic carbocycles. The molecule has 1 heterocycles.